The highest BCUT2D eigenvalue weighted by atomic mass is 19.1. The average molecular weight is 251 g/mol. The van der Waals surface area contributed by atoms with Gasteiger partial charge in [0.05, 0.1) is 0 Å². The lowest BCUT2D eigenvalue weighted by Gasteiger charge is -2.18. The van der Waals surface area contributed by atoms with Gasteiger partial charge in [0.1, 0.15) is 0 Å². The number of pyridine rings is 1. The topological polar surface area (TPSA) is 28.2 Å². The summed E-state index contributed by atoms with van der Waals surface area (Å²) < 4.78 is 13.6. The molecule has 1 aromatic rings. The van der Waals surface area contributed by atoms with E-state index >= 15 is 0 Å². The lowest BCUT2D eigenvalue weighted by molar-refractivity contribution is 0.487. The number of aromatic nitrogens is 1. The van der Waals surface area contributed by atoms with Gasteiger partial charge >= 0.3 is 0 Å². The Labute approximate surface area is 108 Å². The first-order valence-corrected chi connectivity index (χ1v) is 6.75. The van der Waals surface area contributed by atoms with Crippen LogP contribution in [0.15, 0.2) is 18.3 Å². The SMILES string of the molecule is CC(C)CCNC1CCN(c2ncccc2F)C1. The first-order valence-electron chi connectivity index (χ1n) is 6.75. The number of hydrogen-bond acceptors (Lipinski definition) is 3. The van der Waals surface area contributed by atoms with E-state index in [4.69, 9.17) is 0 Å². The van der Waals surface area contributed by atoms with Crippen LogP contribution in [0.5, 0.6) is 0 Å². The van der Waals surface area contributed by atoms with Crippen LogP contribution in [-0.4, -0.2) is 30.7 Å². The van der Waals surface area contributed by atoms with Crippen molar-refractivity contribution in [2.75, 3.05) is 24.5 Å². The van der Waals surface area contributed by atoms with E-state index in [1.807, 2.05) is 4.90 Å². The second kappa shape index (κ2) is 6.14. The fourth-order valence-electron chi connectivity index (χ4n) is 2.31. The van der Waals surface area contributed by atoms with Gasteiger partial charge in [-0.15, -0.1) is 0 Å². The molecule has 3 nitrogen and oxygen atoms in total. The molecule has 1 N–H and O–H groups in total. The maximum absolute atomic E-state index is 13.6. The third kappa shape index (κ3) is 3.42. The van der Waals surface area contributed by atoms with Crippen molar-refractivity contribution in [2.45, 2.75) is 32.7 Å². The molecule has 1 aromatic heterocycles. The zero-order valence-electron chi connectivity index (χ0n) is 11.2. The van der Waals surface area contributed by atoms with E-state index in [9.17, 15) is 4.39 Å². The standard InChI is InChI=1S/C14H22FN3/c1-11(2)5-8-16-12-6-9-18(10-12)14-13(15)4-3-7-17-14/h3-4,7,11-12,16H,5-6,8-10H2,1-2H3. The molecule has 1 aliphatic rings. The Bertz CT molecular complexity index is 381. The highest BCUT2D eigenvalue weighted by molar-refractivity contribution is 5.41. The molecule has 4 heteroatoms. The average Bonchev–Trinajstić information content (AvgIpc) is 2.78. The summed E-state index contributed by atoms with van der Waals surface area (Å²) in [6.45, 7) is 7.23. The van der Waals surface area contributed by atoms with Gasteiger partial charge in [0.25, 0.3) is 0 Å². The summed E-state index contributed by atoms with van der Waals surface area (Å²) in [4.78, 5) is 6.16. The van der Waals surface area contributed by atoms with Gasteiger partial charge in [0.2, 0.25) is 0 Å². The largest absolute Gasteiger partial charge is 0.353 e. The highest BCUT2D eigenvalue weighted by Crippen LogP contribution is 2.20. The Morgan fingerprint density at radius 1 is 1.56 bits per heavy atom. The molecule has 1 fully saturated rings. The van der Waals surface area contributed by atoms with Gasteiger partial charge in [-0.2, -0.15) is 0 Å². The summed E-state index contributed by atoms with van der Waals surface area (Å²) in [6, 6.07) is 3.57. The number of hydrogen-bond donors (Lipinski definition) is 1. The molecular weight excluding hydrogens is 229 g/mol. The first-order chi connectivity index (χ1) is 8.66. The Balaban J connectivity index is 1.83. The van der Waals surface area contributed by atoms with Gasteiger partial charge in [-0.25, -0.2) is 9.37 Å². The van der Waals surface area contributed by atoms with Crippen LogP contribution in [0.4, 0.5) is 10.2 Å². The molecule has 1 saturated heterocycles. The minimum Gasteiger partial charge on any atom is -0.353 e. The lowest BCUT2D eigenvalue weighted by Crippen LogP contribution is -2.34. The van der Waals surface area contributed by atoms with Crippen LogP contribution in [-0.2, 0) is 0 Å². The molecule has 2 rings (SSSR count). The minimum atomic E-state index is -0.222. The molecule has 18 heavy (non-hydrogen) atoms. The fourth-order valence-corrected chi connectivity index (χ4v) is 2.31. The van der Waals surface area contributed by atoms with E-state index in [1.54, 1.807) is 12.3 Å². The summed E-state index contributed by atoms with van der Waals surface area (Å²) >= 11 is 0. The first kappa shape index (κ1) is 13.3. The molecule has 0 spiro atoms. The van der Waals surface area contributed by atoms with Crippen LogP contribution in [0.2, 0.25) is 0 Å². The monoisotopic (exact) mass is 251 g/mol. The molecule has 0 aromatic carbocycles. The van der Waals surface area contributed by atoms with Crippen molar-refractivity contribution in [1.82, 2.24) is 10.3 Å². The van der Waals surface area contributed by atoms with E-state index < -0.39 is 0 Å². The molecule has 0 bridgehead atoms. The van der Waals surface area contributed by atoms with Crippen LogP contribution in [0.1, 0.15) is 26.7 Å². The molecule has 0 saturated carbocycles. The minimum absolute atomic E-state index is 0.222. The van der Waals surface area contributed by atoms with Gasteiger partial charge in [-0.05, 0) is 37.4 Å². The van der Waals surface area contributed by atoms with Crippen molar-refractivity contribution in [3.63, 3.8) is 0 Å². The summed E-state index contributed by atoms with van der Waals surface area (Å²) in [5, 5.41) is 3.54. The molecule has 0 amide bonds. The number of nitrogens with zero attached hydrogens (tertiary/aromatic N) is 2. The van der Waals surface area contributed by atoms with Crippen LogP contribution in [0, 0.1) is 11.7 Å². The highest BCUT2D eigenvalue weighted by Gasteiger charge is 2.24. The molecule has 1 atom stereocenters. The molecule has 0 radical (unpaired) electrons. The van der Waals surface area contributed by atoms with Crippen molar-refractivity contribution in [3.05, 3.63) is 24.1 Å². The van der Waals surface area contributed by atoms with Crippen molar-refractivity contribution in [1.29, 1.82) is 0 Å². The zero-order chi connectivity index (χ0) is 13.0. The normalized spacial score (nSPS) is 19.8. The Hall–Kier alpha value is -1.16. The number of anilines is 1. The fraction of sp³-hybridized carbons (Fsp3) is 0.643. The van der Waals surface area contributed by atoms with Crippen LogP contribution in [0.25, 0.3) is 0 Å². The van der Waals surface area contributed by atoms with Gasteiger partial charge in [0, 0.05) is 25.3 Å². The van der Waals surface area contributed by atoms with Crippen molar-refractivity contribution in [2.24, 2.45) is 5.92 Å². The van der Waals surface area contributed by atoms with Crippen LogP contribution in [0.3, 0.4) is 0 Å². The van der Waals surface area contributed by atoms with Gasteiger partial charge in [-0.1, -0.05) is 13.8 Å². The van der Waals surface area contributed by atoms with Crippen LogP contribution < -0.4 is 10.2 Å². The summed E-state index contributed by atoms with van der Waals surface area (Å²) in [7, 11) is 0. The predicted molar refractivity (Wildman–Crippen MR) is 72.3 cm³/mol. The third-order valence-electron chi connectivity index (χ3n) is 3.38. The quantitative estimate of drug-likeness (QED) is 0.871. The van der Waals surface area contributed by atoms with E-state index in [0.29, 0.717) is 11.9 Å². The van der Waals surface area contributed by atoms with E-state index in [0.717, 1.165) is 32.0 Å². The van der Waals surface area contributed by atoms with Crippen molar-refractivity contribution >= 4 is 5.82 Å². The Morgan fingerprint density at radius 3 is 3.11 bits per heavy atom. The Kier molecular flexibility index (Phi) is 4.53. The summed E-state index contributed by atoms with van der Waals surface area (Å²) in [6.07, 6.45) is 3.90. The summed E-state index contributed by atoms with van der Waals surface area (Å²) in [5.74, 6) is 0.995. The number of halogens is 1. The molecule has 1 unspecified atom stereocenters. The third-order valence-corrected chi connectivity index (χ3v) is 3.38. The molecule has 2 heterocycles. The molecule has 1 aliphatic heterocycles. The van der Waals surface area contributed by atoms with Crippen LogP contribution >= 0.6 is 0 Å². The maximum Gasteiger partial charge on any atom is 0.165 e. The number of nitrogens with one attached hydrogen (secondary N) is 1. The van der Waals surface area contributed by atoms with Gasteiger partial charge in [-0.3, -0.25) is 0 Å². The Morgan fingerprint density at radius 2 is 2.39 bits per heavy atom. The molecule has 100 valence electrons. The second-order valence-electron chi connectivity index (χ2n) is 5.38. The number of rotatable bonds is 5. The maximum atomic E-state index is 13.6. The zero-order valence-corrected chi connectivity index (χ0v) is 11.2. The second-order valence-corrected chi connectivity index (χ2v) is 5.38. The van der Waals surface area contributed by atoms with Gasteiger partial charge in [0.15, 0.2) is 11.6 Å². The van der Waals surface area contributed by atoms with E-state index in [-0.39, 0.29) is 5.82 Å². The van der Waals surface area contributed by atoms with Gasteiger partial charge < -0.3 is 10.2 Å². The van der Waals surface area contributed by atoms with E-state index in [2.05, 4.69) is 24.1 Å². The molecular formula is C14H22FN3. The van der Waals surface area contributed by atoms with Crippen molar-refractivity contribution in [3.8, 4) is 0 Å². The van der Waals surface area contributed by atoms with E-state index in [1.165, 1.54) is 12.5 Å². The molecule has 0 aliphatic carbocycles. The van der Waals surface area contributed by atoms with Crippen molar-refractivity contribution < 1.29 is 4.39 Å². The smallest absolute Gasteiger partial charge is 0.165 e. The lowest BCUT2D eigenvalue weighted by atomic mass is 10.1. The summed E-state index contributed by atoms with van der Waals surface area (Å²) in [5.41, 5.74) is 0. The predicted octanol–water partition coefficient (Wildman–Crippen LogP) is 2.44.